The summed E-state index contributed by atoms with van der Waals surface area (Å²) >= 11 is 0. The van der Waals surface area contributed by atoms with Crippen LogP contribution in [0.25, 0.3) is 0 Å². The first-order valence-electron chi connectivity index (χ1n) is 10.9. The Morgan fingerprint density at radius 2 is 1.86 bits per heavy atom. The van der Waals surface area contributed by atoms with Gasteiger partial charge in [-0.1, -0.05) is 43.2 Å². The van der Waals surface area contributed by atoms with Gasteiger partial charge in [0.25, 0.3) is 0 Å². The Kier molecular flexibility index (Phi) is 6.35. The Balaban J connectivity index is 1.49. The lowest BCUT2D eigenvalue weighted by Crippen LogP contribution is -2.39. The van der Waals surface area contributed by atoms with Gasteiger partial charge < -0.3 is 20.2 Å². The molecule has 1 aliphatic heterocycles. The predicted octanol–water partition coefficient (Wildman–Crippen LogP) is 4.58. The zero-order valence-electron chi connectivity index (χ0n) is 17.0. The molecule has 154 valence electrons. The third kappa shape index (κ3) is 4.56. The van der Waals surface area contributed by atoms with Crippen LogP contribution in [0.5, 0.6) is 0 Å². The average molecular weight is 394 g/mol. The van der Waals surface area contributed by atoms with Gasteiger partial charge in [-0.05, 0) is 55.0 Å². The van der Waals surface area contributed by atoms with Crippen LogP contribution in [0, 0.1) is 0 Å². The van der Waals surface area contributed by atoms with Crippen LogP contribution >= 0.6 is 0 Å². The Bertz CT molecular complexity index is 830. The van der Waals surface area contributed by atoms with Gasteiger partial charge >= 0.3 is 6.03 Å². The van der Waals surface area contributed by atoms with Gasteiger partial charge in [0.05, 0.1) is 12.6 Å². The number of urea groups is 1. The van der Waals surface area contributed by atoms with E-state index in [4.69, 9.17) is 0 Å². The number of hydrogen-bond donors (Lipinski definition) is 2. The summed E-state index contributed by atoms with van der Waals surface area (Å²) in [6.07, 6.45) is 6.92. The molecule has 4 rings (SSSR count). The normalized spacial score (nSPS) is 18.8. The number of nitrogens with one attached hydrogen (secondary N) is 1. The maximum absolute atomic E-state index is 13.1. The Morgan fingerprint density at radius 1 is 1.07 bits per heavy atom. The Hall–Kier alpha value is -2.53. The first-order valence-corrected chi connectivity index (χ1v) is 10.9. The van der Waals surface area contributed by atoms with Crippen LogP contribution < -0.4 is 10.2 Å². The van der Waals surface area contributed by atoms with Crippen LogP contribution in [0.4, 0.5) is 16.2 Å². The summed E-state index contributed by atoms with van der Waals surface area (Å²) in [7, 11) is 0. The minimum atomic E-state index is -0.145. The predicted molar refractivity (Wildman–Crippen MR) is 117 cm³/mol. The van der Waals surface area contributed by atoms with Crippen molar-refractivity contribution in [3.8, 4) is 0 Å². The van der Waals surface area contributed by atoms with Crippen LogP contribution in [0.1, 0.15) is 49.3 Å². The molecule has 0 bridgehead atoms. The first-order chi connectivity index (χ1) is 14.3. The van der Waals surface area contributed by atoms with E-state index < -0.39 is 0 Å². The quantitative estimate of drug-likeness (QED) is 0.782. The standard InChI is InChI=1S/C24H31N3O2/c28-17-16-27(23-13-12-19-8-3-4-11-22(19)23)24(29)25-20-9-7-10-21(18-20)26-14-5-1-2-6-15-26/h3-4,7-11,18,23,28H,1-2,5-6,12-17H2,(H,25,29). The summed E-state index contributed by atoms with van der Waals surface area (Å²) in [5.41, 5.74) is 4.49. The summed E-state index contributed by atoms with van der Waals surface area (Å²) in [6.45, 7) is 2.44. The molecule has 0 spiro atoms. The number of nitrogens with zero attached hydrogens (tertiary/aromatic N) is 2. The molecule has 29 heavy (non-hydrogen) atoms. The lowest BCUT2D eigenvalue weighted by molar-refractivity contribution is 0.162. The van der Waals surface area contributed by atoms with Crippen LogP contribution in [0.3, 0.4) is 0 Å². The van der Waals surface area contributed by atoms with E-state index in [1.165, 1.54) is 42.5 Å². The van der Waals surface area contributed by atoms with E-state index in [0.717, 1.165) is 31.6 Å². The Labute approximate surface area is 173 Å². The third-order valence-electron chi connectivity index (χ3n) is 6.15. The van der Waals surface area contributed by atoms with Crippen molar-refractivity contribution in [2.75, 3.05) is 36.5 Å². The zero-order chi connectivity index (χ0) is 20.1. The maximum Gasteiger partial charge on any atom is 0.322 e. The fraction of sp³-hybridized carbons (Fsp3) is 0.458. The number of anilines is 2. The largest absolute Gasteiger partial charge is 0.395 e. The SMILES string of the molecule is O=C(Nc1cccc(N2CCCCCC2)c1)N(CCO)C1CCc2ccccc21. The molecule has 2 aliphatic rings. The van der Waals surface area contributed by atoms with Gasteiger partial charge in [0, 0.05) is 31.0 Å². The number of benzene rings is 2. The number of rotatable bonds is 5. The van der Waals surface area contributed by atoms with Gasteiger partial charge in [0.15, 0.2) is 0 Å². The summed E-state index contributed by atoms with van der Waals surface area (Å²) in [5, 5.41) is 12.7. The Morgan fingerprint density at radius 3 is 2.66 bits per heavy atom. The van der Waals surface area contributed by atoms with Crippen LogP contribution in [0.15, 0.2) is 48.5 Å². The summed E-state index contributed by atoms with van der Waals surface area (Å²) in [4.78, 5) is 17.3. The molecule has 0 saturated carbocycles. The molecular weight excluding hydrogens is 362 g/mol. The fourth-order valence-corrected chi connectivity index (χ4v) is 4.67. The molecule has 1 saturated heterocycles. The number of carbonyl (C=O) groups excluding carboxylic acids is 1. The average Bonchev–Trinajstić information content (AvgIpc) is 2.97. The maximum atomic E-state index is 13.1. The number of aliphatic hydroxyl groups is 1. The van der Waals surface area contributed by atoms with Crippen molar-refractivity contribution in [1.82, 2.24) is 4.90 Å². The minimum absolute atomic E-state index is 0.0205. The molecule has 2 aromatic carbocycles. The van der Waals surface area contributed by atoms with Crippen molar-refractivity contribution in [3.63, 3.8) is 0 Å². The number of aliphatic hydroxyl groups excluding tert-OH is 1. The number of amides is 2. The molecular formula is C24H31N3O2. The van der Waals surface area contributed by atoms with Gasteiger partial charge in [0.2, 0.25) is 0 Å². The van der Waals surface area contributed by atoms with E-state index in [2.05, 4.69) is 34.5 Å². The van der Waals surface area contributed by atoms with Crippen molar-refractivity contribution in [2.45, 2.75) is 44.6 Å². The lowest BCUT2D eigenvalue weighted by Gasteiger charge is -2.29. The van der Waals surface area contributed by atoms with Gasteiger partial charge in [0.1, 0.15) is 0 Å². The molecule has 2 amide bonds. The number of fused-ring (bicyclic) bond motifs is 1. The van der Waals surface area contributed by atoms with E-state index in [-0.39, 0.29) is 18.7 Å². The van der Waals surface area contributed by atoms with Gasteiger partial charge in [-0.15, -0.1) is 0 Å². The molecule has 2 aromatic rings. The van der Waals surface area contributed by atoms with E-state index >= 15 is 0 Å². The van der Waals surface area contributed by atoms with Crippen molar-refractivity contribution >= 4 is 17.4 Å². The molecule has 0 radical (unpaired) electrons. The monoisotopic (exact) mass is 393 g/mol. The van der Waals surface area contributed by atoms with Crippen molar-refractivity contribution in [3.05, 3.63) is 59.7 Å². The van der Waals surface area contributed by atoms with Crippen molar-refractivity contribution in [2.24, 2.45) is 0 Å². The molecule has 5 nitrogen and oxygen atoms in total. The van der Waals surface area contributed by atoms with E-state index in [9.17, 15) is 9.90 Å². The van der Waals surface area contributed by atoms with Gasteiger partial charge in [-0.25, -0.2) is 4.79 Å². The molecule has 1 fully saturated rings. The fourth-order valence-electron chi connectivity index (χ4n) is 4.67. The first kappa shape index (κ1) is 19.8. The summed E-state index contributed by atoms with van der Waals surface area (Å²) in [5.74, 6) is 0. The van der Waals surface area contributed by atoms with Crippen LogP contribution in [-0.2, 0) is 6.42 Å². The molecule has 2 N–H and O–H groups in total. The smallest absolute Gasteiger partial charge is 0.322 e. The van der Waals surface area contributed by atoms with Gasteiger partial charge in [-0.2, -0.15) is 0 Å². The molecule has 0 aromatic heterocycles. The van der Waals surface area contributed by atoms with E-state index in [0.29, 0.717) is 6.54 Å². The van der Waals surface area contributed by atoms with Crippen molar-refractivity contribution < 1.29 is 9.90 Å². The zero-order valence-corrected chi connectivity index (χ0v) is 17.0. The summed E-state index contributed by atoms with van der Waals surface area (Å²) in [6, 6.07) is 16.3. The van der Waals surface area contributed by atoms with Crippen LogP contribution in [0.2, 0.25) is 0 Å². The second-order valence-electron chi connectivity index (χ2n) is 8.05. The second kappa shape index (κ2) is 9.31. The second-order valence-corrected chi connectivity index (χ2v) is 8.05. The highest BCUT2D eigenvalue weighted by atomic mass is 16.3. The highest BCUT2D eigenvalue weighted by Gasteiger charge is 2.30. The number of carbonyl (C=O) groups is 1. The molecule has 1 unspecified atom stereocenters. The molecule has 5 heteroatoms. The summed E-state index contributed by atoms with van der Waals surface area (Å²) < 4.78 is 0. The number of hydrogen-bond acceptors (Lipinski definition) is 3. The minimum Gasteiger partial charge on any atom is -0.395 e. The highest BCUT2D eigenvalue weighted by molar-refractivity contribution is 5.90. The molecule has 1 atom stereocenters. The highest BCUT2D eigenvalue weighted by Crippen LogP contribution is 2.36. The van der Waals surface area contributed by atoms with E-state index in [1.807, 2.05) is 24.3 Å². The third-order valence-corrected chi connectivity index (χ3v) is 6.15. The topological polar surface area (TPSA) is 55.8 Å². The van der Waals surface area contributed by atoms with Gasteiger partial charge in [-0.3, -0.25) is 0 Å². The lowest BCUT2D eigenvalue weighted by atomic mass is 10.1. The number of aryl methyl sites for hydroxylation is 1. The van der Waals surface area contributed by atoms with Crippen LogP contribution in [-0.4, -0.2) is 42.3 Å². The van der Waals surface area contributed by atoms with Crippen molar-refractivity contribution in [1.29, 1.82) is 0 Å². The van der Waals surface area contributed by atoms with E-state index in [1.54, 1.807) is 4.90 Å². The molecule has 1 heterocycles. The molecule has 1 aliphatic carbocycles.